The second-order valence-electron chi connectivity index (χ2n) is 9.91. The lowest BCUT2D eigenvalue weighted by molar-refractivity contribution is 0.0198. The molecule has 0 radical (unpaired) electrons. The van der Waals surface area contributed by atoms with Crippen LogP contribution in [0.4, 0.5) is 0 Å². The van der Waals surface area contributed by atoms with E-state index in [1.54, 1.807) is 0 Å². The van der Waals surface area contributed by atoms with Gasteiger partial charge >= 0.3 is 0 Å². The molecule has 1 aromatic carbocycles. The van der Waals surface area contributed by atoms with E-state index in [0.29, 0.717) is 18.8 Å². The van der Waals surface area contributed by atoms with Crippen LogP contribution in [0.5, 0.6) is 5.75 Å². The van der Waals surface area contributed by atoms with Crippen molar-refractivity contribution >= 4 is 0 Å². The lowest BCUT2D eigenvalue weighted by atomic mass is 9.73. The van der Waals surface area contributed by atoms with Crippen LogP contribution in [0.3, 0.4) is 0 Å². The molecule has 1 aliphatic rings. The molecule has 0 aromatic heterocycles. The van der Waals surface area contributed by atoms with Gasteiger partial charge in [0.05, 0.1) is 24.9 Å². The molecule has 0 aliphatic heterocycles. The van der Waals surface area contributed by atoms with Crippen LogP contribution in [0.1, 0.15) is 90.0 Å². The quantitative estimate of drug-likeness (QED) is 0.320. The van der Waals surface area contributed by atoms with Gasteiger partial charge in [0.2, 0.25) is 0 Å². The van der Waals surface area contributed by atoms with Gasteiger partial charge < -0.3 is 20.7 Å². The van der Waals surface area contributed by atoms with E-state index in [0.717, 1.165) is 43.1 Å². The number of hydrogen-bond acceptors (Lipinski definition) is 4. The summed E-state index contributed by atoms with van der Waals surface area (Å²) in [6, 6.07) is 7.93. The summed E-state index contributed by atoms with van der Waals surface area (Å²) >= 11 is 0. The number of hydrogen-bond donors (Lipinski definition) is 3. The summed E-state index contributed by atoms with van der Waals surface area (Å²) in [5, 5.41) is 20.4. The summed E-state index contributed by atoms with van der Waals surface area (Å²) < 4.78 is 5.86. The maximum absolute atomic E-state index is 10.6. The van der Waals surface area contributed by atoms with E-state index in [2.05, 4.69) is 13.8 Å². The van der Waals surface area contributed by atoms with Crippen molar-refractivity contribution in [3.8, 4) is 5.75 Å². The highest BCUT2D eigenvalue weighted by Gasteiger charge is 2.37. The predicted octanol–water partition coefficient (Wildman–Crippen LogP) is 5.24. The van der Waals surface area contributed by atoms with Crippen molar-refractivity contribution in [1.82, 2.24) is 0 Å². The predicted molar refractivity (Wildman–Crippen MR) is 125 cm³/mol. The van der Waals surface area contributed by atoms with Crippen LogP contribution in [0.2, 0.25) is 0 Å². The maximum atomic E-state index is 10.6. The minimum Gasteiger partial charge on any atom is -0.494 e. The largest absolute Gasteiger partial charge is 0.494 e. The average molecular weight is 420 g/mol. The number of nitrogens with two attached hydrogens (primary N) is 1. The Kier molecular flexibility index (Phi) is 11.2. The van der Waals surface area contributed by atoms with E-state index in [1.807, 2.05) is 24.3 Å². The van der Waals surface area contributed by atoms with E-state index < -0.39 is 11.6 Å². The Labute approximate surface area is 184 Å². The number of ether oxygens (including phenoxy) is 1. The zero-order valence-corrected chi connectivity index (χ0v) is 19.3. The lowest BCUT2D eigenvalue weighted by Crippen LogP contribution is -2.56. The molecule has 30 heavy (non-hydrogen) atoms. The van der Waals surface area contributed by atoms with Gasteiger partial charge in [0.15, 0.2) is 0 Å². The third-order valence-electron chi connectivity index (χ3n) is 6.65. The minimum atomic E-state index is -0.908. The second kappa shape index (κ2) is 13.3. The van der Waals surface area contributed by atoms with E-state index >= 15 is 0 Å². The number of aliphatic hydroxyl groups excluding tert-OH is 2. The SMILES string of the molecule is CC(C)CCCCCCCCOc1ccc(CC(O)C(N)(CO)CC2CCC2)cc1. The van der Waals surface area contributed by atoms with Crippen molar-refractivity contribution in [3.05, 3.63) is 29.8 Å². The van der Waals surface area contributed by atoms with Crippen LogP contribution < -0.4 is 10.5 Å². The third-order valence-corrected chi connectivity index (χ3v) is 6.65. The van der Waals surface area contributed by atoms with Gasteiger partial charge in [-0.05, 0) is 42.4 Å². The van der Waals surface area contributed by atoms with Crippen molar-refractivity contribution in [2.45, 2.75) is 103 Å². The van der Waals surface area contributed by atoms with Crippen LogP contribution >= 0.6 is 0 Å². The minimum absolute atomic E-state index is 0.177. The highest BCUT2D eigenvalue weighted by molar-refractivity contribution is 5.28. The maximum Gasteiger partial charge on any atom is 0.119 e. The van der Waals surface area contributed by atoms with Gasteiger partial charge in [0.25, 0.3) is 0 Å². The Hall–Kier alpha value is -1.10. The second-order valence-corrected chi connectivity index (χ2v) is 9.91. The number of aliphatic hydroxyl groups is 2. The molecule has 172 valence electrons. The Morgan fingerprint density at radius 3 is 2.23 bits per heavy atom. The van der Waals surface area contributed by atoms with E-state index in [1.165, 1.54) is 44.9 Å². The molecule has 2 atom stereocenters. The molecule has 2 rings (SSSR count). The van der Waals surface area contributed by atoms with Crippen molar-refractivity contribution in [2.75, 3.05) is 13.2 Å². The summed E-state index contributed by atoms with van der Waals surface area (Å²) in [7, 11) is 0. The first kappa shape index (κ1) is 25.2. The van der Waals surface area contributed by atoms with Crippen molar-refractivity contribution in [1.29, 1.82) is 0 Å². The van der Waals surface area contributed by atoms with Gasteiger partial charge in [-0.2, -0.15) is 0 Å². The zero-order valence-electron chi connectivity index (χ0n) is 19.3. The van der Waals surface area contributed by atoms with Crippen LogP contribution in [0.25, 0.3) is 0 Å². The molecule has 0 spiro atoms. The molecule has 1 saturated carbocycles. The summed E-state index contributed by atoms with van der Waals surface area (Å²) in [6.45, 7) is 5.17. The van der Waals surface area contributed by atoms with Gasteiger partial charge in [0, 0.05) is 6.42 Å². The van der Waals surface area contributed by atoms with Gasteiger partial charge in [-0.3, -0.25) is 0 Å². The number of rotatable bonds is 16. The molecule has 0 saturated heterocycles. The Bertz CT molecular complexity index is 570. The number of unbranched alkanes of at least 4 members (excludes halogenated alkanes) is 5. The van der Waals surface area contributed by atoms with Gasteiger partial charge in [0.1, 0.15) is 5.75 Å². The average Bonchev–Trinajstić information content (AvgIpc) is 2.70. The zero-order chi connectivity index (χ0) is 21.8. The first-order valence-electron chi connectivity index (χ1n) is 12.2. The molecule has 1 aliphatic carbocycles. The van der Waals surface area contributed by atoms with E-state index in [-0.39, 0.29) is 6.61 Å². The molecular formula is C26H45NO3. The molecule has 4 N–H and O–H groups in total. The molecule has 0 amide bonds. The van der Waals surface area contributed by atoms with Crippen molar-refractivity contribution < 1.29 is 14.9 Å². The van der Waals surface area contributed by atoms with E-state index in [9.17, 15) is 10.2 Å². The van der Waals surface area contributed by atoms with E-state index in [4.69, 9.17) is 10.5 Å². The van der Waals surface area contributed by atoms with Gasteiger partial charge in [-0.25, -0.2) is 0 Å². The first-order chi connectivity index (χ1) is 14.4. The third kappa shape index (κ3) is 8.95. The summed E-state index contributed by atoms with van der Waals surface area (Å²) in [6.07, 6.45) is 13.0. The highest BCUT2D eigenvalue weighted by Crippen LogP contribution is 2.34. The molecular weight excluding hydrogens is 374 g/mol. The molecule has 4 nitrogen and oxygen atoms in total. The first-order valence-corrected chi connectivity index (χ1v) is 12.2. The smallest absolute Gasteiger partial charge is 0.119 e. The van der Waals surface area contributed by atoms with Gasteiger partial charge in [-0.1, -0.05) is 83.8 Å². The molecule has 1 aromatic rings. The fraction of sp³-hybridized carbons (Fsp3) is 0.769. The van der Waals surface area contributed by atoms with Crippen LogP contribution in [0.15, 0.2) is 24.3 Å². The van der Waals surface area contributed by atoms with Crippen LogP contribution in [0, 0.1) is 11.8 Å². The van der Waals surface area contributed by atoms with Crippen molar-refractivity contribution in [2.24, 2.45) is 17.6 Å². The molecule has 4 heteroatoms. The molecule has 0 bridgehead atoms. The summed E-state index contributed by atoms with van der Waals surface area (Å²) in [4.78, 5) is 0. The standard InChI is InChI=1S/C26H45NO3/c1-21(2)10-7-5-3-4-6-8-17-30-24-15-13-22(14-16-24)18-25(29)26(27,20-28)19-23-11-9-12-23/h13-16,21,23,25,28-29H,3-12,17-20,27H2,1-2H3. The number of benzene rings is 1. The fourth-order valence-corrected chi connectivity index (χ4v) is 4.24. The summed E-state index contributed by atoms with van der Waals surface area (Å²) in [5.74, 6) is 2.25. The highest BCUT2D eigenvalue weighted by atomic mass is 16.5. The van der Waals surface area contributed by atoms with Crippen molar-refractivity contribution in [3.63, 3.8) is 0 Å². The molecule has 0 heterocycles. The van der Waals surface area contributed by atoms with Crippen LogP contribution in [-0.4, -0.2) is 35.1 Å². The van der Waals surface area contributed by atoms with Crippen LogP contribution in [-0.2, 0) is 6.42 Å². The Morgan fingerprint density at radius 2 is 1.67 bits per heavy atom. The Balaban J connectivity index is 1.62. The molecule has 2 unspecified atom stereocenters. The monoisotopic (exact) mass is 419 g/mol. The summed E-state index contributed by atoms with van der Waals surface area (Å²) in [5.41, 5.74) is 6.46. The van der Waals surface area contributed by atoms with Gasteiger partial charge in [-0.15, -0.1) is 0 Å². The normalized spacial score (nSPS) is 17.5. The lowest BCUT2D eigenvalue weighted by Gasteiger charge is -2.38. The topological polar surface area (TPSA) is 75.7 Å². The Morgan fingerprint density at radius 1 is 1.03 bits per heavy atom. The fourth-order valence-electron chi connectivity index (χ4n) is 4.24. The molecule has 1 fully saturated rings.